The first-order valence-corrected chi connectivity index (χ1v) is 9.69. The molecule has 0 unspecified atom stereocenters. The summed E-state index contributed by atoms with van der Waals surface area (Å²) in [5, 5.41) is 6.59. The summed E-state index contributed by atoms with van der Waals surface area (Å²) in [6, 6.07) is 13.8. The van der Waals surface area contributed by atoms with Crippen LogP contribution in [0.3, 0.4) is 0 Å². The van der Waals surface area contributed by atoms with Crippen molar-refractivity contribution in [2.75, 3.05) is 6.61 Å². The maximum absolute atomic E-state index is 13.0. The molecule has 0 saturated carbocycles. The fraction of sp³-hybridized carbons (Fsp3) is 0.200. The minimum absolute atomic E-state index is 0.253. The van der Waals surface area contributed by atoms with E-state index in [1.165, 1.54) is 23.9 Å². The zero-order valence-electron chi connectivity index (χ0n) is 14.9. The first-order valence-electron chi connectivity index (χ1n) is 8.46. The lowest BCUT2D eigenvalue weighted by atomic mass is 9.96. The molecule has 2 N–H and O–H groups in total. The lowest BCUT2D eigenvalue weighted by molar-refractivity contribution is -0.139. The highest BCUT2D eigenvalue weighted by molar-refractivity contribution is 7.99. The normalized spacial score (nSPS) is 16.6. The molecule has 2 aromatic carbocycles. The molecule has 0 fully saturated rings. The van der Waals surface area contributed by atoms with Crippen molar-refractivity contribution in [1.82, 2.24) is 10.6 Å². The molecule has 4 nitrogen and oxygen atoms in total. The zero-order valence-corrected chi connectivity index (χ0v) is 16.5. The van der Waals surface area contributed by atoms with Crippen LogP contribution in [0, 0.1) is 5.82 Å². The molecule has 0 aliphatic carbocycles. The number of carbonyl (C=O) groups excluding carboxylic acids is 1. The lowest BCUT2D eigenvalue weighted by Gasteiger charge is -2.29. The topological polar surface area (TPSA) is 50.4 Å². The number of esters is 1. The highest BCUT2D eigenvalue weighted by Gasteiger charge is 2.30. The highest BCUT2D eigenvalue weighted by atomic mass is 32.2. The molecule has 1 aliphatic rings. The fourth-order valence-electron chi connectivity index (χ4n) is 2.79. The van der Waals surface area contributed by atoms with Crippen LogP contribution in [0.4, 0.5) is 4.39 Å². The van der Waals surface area contributed by atoms with Gasteiger partial charge in [0.05, 0.1) is 18.2 Å². The maximum Gasteiger partial charge on any atom is 0.338 e. The predicted molar refractivity (Wildman–Crippen MR) is 108 cm³/mol. The Labute approximate surface area is 167 Å². The Kier molecular flexibility index (Phi) is 6.13. The van der Waals surface area contributed by atoms with Crippen LogP contribution in [-0.2, 0) is 9.53 Å². The summed E-state index contributed by atoms with van der Waals surface area (Å²) in [5.74, 6) is -0.622. The van der Waals surface area contributed by atoms with Gasteiger partial charge in [-0.2, -0.15) is 0 Å². The molecule has 0 spiro atoms. The number of hydrogen-bond donors (Lipinski definition) is 2. The molecule has 0 saturated heterocycles. The van der Waals surface area contributed by atoms with E-state index in [-0.39, 0.29) is 17.8 Å². The Bertz CT molecular complexity index is 880. The van der Waals surface area contributed by atoms with Crippen molar-refractivity contribution in [2.24, 2.45) is 0 Å². The number of ether oxygens (including phenoxy) is 1. The van der Waals surface area contributed by atoms with Gasteiger partial charge in [-0.05, 0) is 68.0 Å². The smallest absolute Gasteiger partial charge is 0.338 e. The van der Waals surface area contributed by atoms with Crippen LogP contribution in [0.1, 0.15) is 25.5 Å². The minimum Gasteiger partial charge on any atom is -0.463 e. The molecule has 0 amide bonds. The number of carbonyl (C=O) groups is 1. The number of thiocarbonyl (C=S) groups is 1. The molecule has 27 heavy (non-hydrogen) atoms. The predicted octanol–water partition coefficient (Wildman–Crippen LogP) is 4.33. The van der Waals surface area contributed by atoms with Gasteiger partial charge in [-0.15, -0.1) is 0 Å². The van der Waals surface area contributed by atoms with Crippen LogP contribution < -0.4 is 10.6 Å². The van der Waals surface area contributed by atoms with Crippen molar-refractivity contribution in [3.05, 3.63) is 71.2 Å². The van der Waals surface area contributed by atoms with E-state index < -0.39 is 0 Å². The van der Waals surface area contributed by atoms with Crippen molar-refractivity contribution < 1.29 is 13.9 Å². The second-order valence-corrected chi connectivity index (χ2v) is 7.47. The average molecular weight is 403 g/mol. The Hall–Kier alpha value is -2.38. The van der Waals surface area contributed by atoms with E-state index in [2.05, 4.69) is 10.6 Å². The van der Waals surface area contributed by atoms with Crippen LogP contribution in [0.25, 0.3) is 0 Å². The van der Waals surface area contributed by atoms with Crippen molar-refractivity contribution in [3.63, 3.8) is 0 Å². The van der Waals surface area contributed by atoms with Crippen LogP contribution in [0.15, 0.2) is 69.6 Å². The van der Waals surface area contributed by atoms with Crippen molar-refractivity contribution >= 4 is 35.1 Å². The Morgan fingerprint density at radius 2 is 1.74 bits per heavy atom. The monoisotopic (exact) mass is 402 g/mol. The van der Waals surface area contributed by atoms with Gasteiger partial charge in [0.2, 0.25) is 0 Å². The minimum atomic E-state index is -0.373. The van der Waals surface area contributed by atoms with Crippen LogP contribution >= 0.6 is 24.0 Å². The van der Waals surface area contributed by atoms with Gasteiger partial charge in [-0.3, -0.25) is 0 Å². The number of hydrogen-bond acceptors (Lipinski definition) is 4. The summed E-state index contributed by atoms with van der Waals surface area (Å²) in [6.45, 7) is 3.89. The van der Waals surface area contributed by atoms with Gasteiger partial charge >= 0.3 is 5.97 Å². The maximum atomic E-state index is 13.0. The number of benzene rings is 2. The third-order valence-corrected chi connectivity index (χ3v) is 5.26. The molecule has 0 bridgehead atoms. The summed E-state index contributed by atoms with van der Waals surface area (Å²) in [6.07, 6.45) is 0. The molecule has 0 radical (unpaired) electrons. The van der Waals surface area contributed by atoms with Crippen LogP contribution in [0.2, 0.25) is 0 Å². The average Bonchev–Trinajstić information content (AvgIpc) is 2.64. The molecule has 140 valence electrons. The van der Waals surface area contributed by atoms with E-state index in [0.29, 0.717) is 23.0 Å². The van der Waals surface area contributed by atoms with Crippen molar-refractivity contribution in [1.29, 1.82) is 0 Å². The van der Waals surface area contributed by atoms with Gasteiger partial charge < -0.3 is 15.4 Å². The Morgan fingerprint density at radius 1 is 1.15 bits per heavy atom. The number of halogens is 1. The Morgan fingerprint density at radius 3 is 2.33 bits per heavy atom. The molecule has 3 rings (SSSR count). The van der Waals surface area contributed by atoms with E-state index in [0.717, 1.165) is 15.4 Å². The molecule has 1 aliphatic heterocycles. The number of rotatable bonds is 5. The molecular weight excluding hydrogens is 383 g/mol. The highest BCUT2D eigenvalue weighted by Crippen LogP contribution is 2.32. The van der Waals surface area contributed by atoms with E-state index >= 15 is 0 Å². The summed E-state index contributed by atoms with van der Waals surface area (Å²) in [5.41, 5.74) is 2.11. The van der Waals surface area contributed by atoms with Crippen molar-refractivity contribution in [2.45, 2.75) is 29.7 Å². The number of nitrogens with one attached hydrogen (secondary N) is 2. The summed E-state index contributed by atoms with van der Waals surface area (Å²) in [7, 11) is 0. The fourth-order valence-corrected chi connectivity index (χ4v) is 3.88. The van der Waals surface area contributed by atoms with Gasteiger partial charge in [0.25, 0.3) is 0 Å². The van der Waals surface area contributed by atoms with Gasteiger partial charge in [-0.1, -0.05) is 23.9 Å². The first-order chi connectivity index (χ1) is 13.0. The SMILES string of the molecule is CCOC(=O)C1=C(C)NC(=S)N[C@@H]1c1ccc(Sc2ccc(F)cc2)cc1. The largest absolute Gasteiger partial charge is 0.463 e. The lowest BCUT2D eigenvalue weighted by Crippen LogP contribution is -2.45. The first kappa shape index (κ1) is 19.4. The summed E-state index contributed by atoms with van der Waals surface area (Å²) < 4.78 is 18.2. The molecule has 1 atom stereocenters. The van der Waals surface area contributed by atoms with Gasteiger partial charge in [-0.25, -0.2) is 9.18 Å². The van der Waals surface area contributed by atoms with Gasteiger partial charge in [0.1, 0.15) is 5.82 Å². The number of allylic oxidation sites excluding steroid dienone is 1. The van der Waals surface area contributed by atoms with Crippen LogP contribution in [-0.4, -0.2) is 17.7 Å². The molecular formula is C20H19FN2O2S2. The third-order valence-electron chi connectivity index (χ3n) is 4.03. The molecule has 1 heterocycles. The summed E-state index contributed by atoms with van der Waals surface area (Å²) >= 11 is 6.78. The van der Waals surface area contributed by atoms with Crippen LogP contribution in [0.5, 0.6) is 0 Å². The van der Waals surface area contributed by atoms with E-state index in [4.69, 9.17) is 17.0 Å². The van der Waals surface area contributed by atoms with E-state index in [1.54, 1.807) is 19.1 Å². The van der Waals surface area contributed by atoms with Gasteiger partial charge in [0.15, 0.2) is 5.11 Å². The van der Waals surface area contributed by atoms with Crippen molar-refractivity contribution in [3.8, 4) is 0 Å². The standard InChI is InChI=1S/C20H19FN2O2S2/c1-3-25-19(24)17-12(2)22-20(26)23-18(17)13-4-8-15(9-5-13)27-16-10-6-14(21)7-11-16/h4-11,18H,3H2,1-2H3,(H2,22,23,26)/t18-/m1/s1. The molecule has 2 aromatic rings. The van der Waals surface area contributed by atoms with E-state index in [9.17, 15) is 9.18 Å². The second kappa shape index (κ2) is 8.54. The Balaban J connectivity index is 1.83. The van der Waals surface area contributed by atoms with Gasteiger partial charge in [0, 0.05) is 15.5 Å². The molecule has 0 aromatic heterocycles. The quantitative estimate of drug-likeness (QED) is 0.573. The third kappa shape index (κ3) is 4.67. The molecule has 7 heteroatoms. The second-order valence-electron chi connectivity index (χ2n) is 5.92. The zero-order chi connectivity index (χ0) is 19.4. The van der Waals surface area contributed by atoms with E-state index in [1.807, 2.05) is 31.2 Å². The summed E-state index contributed by atoms with van der Waals surface area (Å²) in [4.78, 5) is 14.4.